The molecule has 0 aliphatic carbocycles. The second-order valence-electron chi connectivity index (χ2n) is 6.09. The third kappa shape index (κ3) is 5.05. The van der Waals surface area contributed by atoms with E-state index in [1.165, 1.54) is 0 Å². The minimum absolute atomic E-state index is 0.257. The van der Waals surface area contributed by atoms with Crippen molar-refractivity contribution in [3.05, 3.63) is 48.0 Å². The molecule has 0 aliphatic heterocycles. The van der Waals surface area contributed by atoms with Crippen LogP contribution < -0.4 is 15.4 Å². The number of aromatic amines is 1. The molecule has 0 spiro atoms. The van der Waals surface area contributed by atoms with E-state index in [-0.39, 0.29) is 12.6 Å². The van der Waals surface area contributed by atoms with Crippen LogP contribution in [0.1, 0.15) is 12.5 Å². The summed E-state index contributed by atoms with van der Waals surface area (Å²) >= 11 is 0. The van der Waals surface area contributed by atoms with Crippen molar-refractivity contribution in [1.29, 1.82) is 0 Å². The van der Waals surface area contributed by atoms with Gasteiger partial charge in [-0.25, -0.2) is 22.9 Å². The molecule has 142 valence electrons. The van der Waals surface area contributed by atoms with Crippen molar-refractivity contribution in [3.63, 3.8) is 0 Å². The molecule has 9 heteroatoms. The average molecular weight is 387 g/mol. The molecule has 1 aromatic heterocycles. The van der Waals surface area contributed by atoms with Gasteiger partial charge in [0.2, 0.25) is 16.0 Å². The number of benzene rings is 2. The van der Waals surface area contributed by atoms with Crippen LogP contribution in [0.5, 0.6) is 0 Å². The summed E-state index contributed by atoms with van der Waals surface area (Å²) in [7, 11) is -3.21. The lowest BCUT2D eigenvalue weighted by Crippen LogP contribution is -2.28. The number of imidazole rings is 1. The van der Waals surface area contributed by atoms with E-state index >= 15 is 0 Å². The summed E-state index contributed by atoms with van der Waals surface area (Å²) in [6.45, 7) is 2.63. The van der Waals surface area contributed by atoms with E-state index in [1.54, 1.807) is 0 Å². The number of fused-ring (bicyclic) bond motifs is 1. The zero-order valence-corrected chi connectivity index (χ0v) is 15.9. The Bertz CT molecular complexity index is 1060. The van der Waals surface area contributed by atoms with Gasteiger partial charge in [0.15, 0.2) is 0 Å². The maximum absolute atomic E-state index is 11.6. The number of carbonyl (C=O) groups is 1. The number of amides is 2. The van der Waals surface area contributed by atoms with Crippen molar-refractivity contribution in [2.24, 2.45) is 0 Å². The Balaban J connectivity index is 1.77. The standard InChI is InChI=1S/C18H21N5O3S/c1-3-19-18(24)23-17-21-15-9-8-14(10-16(15)22-17)13-6-4-12(5-7-13)11-20-27(2,25)26/h4-10,20H,3,11H2,1-2H3,(H3,19,21,22,23,24). The monoisotopic (exact) mass is 387 g/mol. The Kier molecular flexibility index (Phi) is 5.43. The summed E-state index contributed by atoms with van der Waals surface area (Å²) in [5.74, 6) is 0.385. The maximum Gasteiger partial charge on any atom is 0.321 e. The van der Waals surface area contributed by atoms with Gasteiger partial charge in [0.1, 0.15) is 0 Å². The predicted octanol–water partition coefficient (Wildman–Crippen LogP) is 2.42. The first kappa shape index (κ1) is 18.9. The Hall–Kier alpha value is -2.91. The zero-order chi connectivity index (χ0) is 19.4. The van der Waals surface area contributed by atoms with Crippen LogP contribution in [0, 0.1) is 0 Å². The van der Waals surface area contributed by atoms with Gasteiger partial charge < -0.3 is 10.3 Å². The molecular formula is C18H21N5O3S. The highest BCUT2D eigenvalue weighted by molar-refractivity contribution is 7.88. The molecule has 27 heavy (non-hydrogen) atoms. The van der Waals surface area contributed by atoms with E-state index in [1.807, 2.05) is 49.4 Å². The largest absolute Gasteiger partial charge is 0.338 e. The molecule has 2 aromatic carbocycles. The lowest BCUT2D eigenvalue weighted by molar-refractivity contribution is 0.252. The zero-order valence-electron chi connectivity index (χ0n) is 15.0. The van der Waals surface area contributed by atoms with Crippen molar-refractivity contribution in [1.82, 2.24) is 20.0 Å². The number of carbonyl (C=O) groups excluding carboxylic acids is 1. The molecule has 0 unspecified atom stereocenters. The van der Waals surface area contributed by atoms with Crippen molar-refractivity contribution in [2.75, 3.05) is 18.1 Å². The Labute approximate surface area is 157 Å². The van der Waals surface area contributed by atoms with Gasteiger partial charge in [-0.2, -0.15) is 0 Å². The van der Waals surface area contributed by atoms with Crippen molar-refractivity contribution in [2.45, 2.75) is 13.5 Å². The Morgan fingerprint density at radius 3 is 2.48 bits per heavy atom. The molecule has 1 heterocycles. The number of aromatic nitrogens is 2. The number of nitrogens with zero attached hydrogens (tertiary/aromatic N) is 1. The summed E-state index contributed by atoms with van der Waals surface area (Å²) in [6.07, 6.45) is 1.13. The lowest BCUT2D eigenvalue weighted by Gasteiger charge is -2.05. The van der Waals surface area contributed by atoms with Crippen LogP contribution in [-0.4, -0.2) is 37.2 Å². The molecule has 0 saturated carbocycles. The summed E-state index contributed by atoms with van der Waals surface area (Å²) in [4.78, 5) is 19.0. The van der Waals surface area contributed by atoms with Gasteiger partial charge in [0, 0.05) is 13.1 Å². The van der Waals surface area contributed by atoms with E-state index in [9.17, 15) is 13.2 Å². The van der Waals surface area contributed by atoms with Crippen molar-refractivity contribution >= 4 is 33.0 Å². The maximum atomic E-state index is 11.6. The number of H-pyrrole nitrogens is 1. The van der Waals surface area contributed by atoms with Gasteiger partial charge in [-0.15, -0.1) is 0 Å². The molecule has 0 aliphatic rings. The van der Waals surface area contributed by atoms with Crippen LogP contribution in [0.25, 0.3) is 22.2 Å². The first-order valence-corrected chi connectivity index (χ1v) is 10.3. The van der Waals surface area contributed by atoms with Crippen molar-refractivity contribution < 1.29 is 13.2 Å². The van der Waals surface area contributed by atoms with E-state index in [4.69, 9.17) is 0 Å². The van der Waals surface area contributed by atoms with E-state index < -0.39 is 10.0 Å². The molecule has 3 rings (SSSR count). The molecule has 4 N–H and O–H groups in total. The first-order chi connectivity index (χ1) is 12.8. The first-order valence-electron chi connectivity index (χ1n) is 8.42. The summed E-state index contributed by atoms with van der Waals surface area (Å²) in [5.41, 5.74) is 4.41. The third-order valence-electron chi connectivity index (χ3n) is 3.88. The van der Waals surface area contributed by atoms with Crippen LogP contribution in [0.4, 0.5) is 10.7 Å². The lowest BCUT2D eigenvalue weighted by atomic mass is 10.0. The highest BCUT2D eigenvalue weighted by Crippen LogP contribution is 2.24. The SMILES string of the molecule is CCNC(=O)Nc1nc2ccc(-c3ccc(CNS(C)(=O)=O)cc3)cc2[nH]1. The van der Waals surface area contributed by atoms with E-state index in [0.717, 1.165) is 34.0 Å². The van der Waals surface area contributed by atoms with Crippen LogP contribution in [0.3, 0.4) is 0 Å². The summed E-state index contributed by atoms with van der Waals surface area (Å²) < 4.78 is 24.8. The number of nitrogens with one attached hydrogen (secondary N) is 4. The quantitative estimate of drug-likeness (QED) is 0.520. The number of anilines is 1. The van der Waals surface area contributed by atoms with Crippen LogP contribution >= 0.6 is 0 Å². The highest BCUT2D eigenvalue weighted by atomic mass is 32.2. The van der Waals surface area contributed by atoms with Crippen molar-refractivity contribution in [3.8, 4) is 11.1 Å². The minimum Gasteiger partial charge on any atom is -0.338 e. The number of urea groups is 1. The Morgan fingerprint density at radius 2 is 1.81 bits per heavy atom. The second kappa shape index (κ2) is 7.77. The molecule has 0 saturated heterocycles. The Morgan fingerprint density at radius 1 is 1.11 bits per heavy atom. The van der Waals surface area contributed by atoms with Crippen LogP contribution in [0.2, 0.25) is 0 Å². The minimum atomic E-state index is -3.21. The molecule has 0 atom stereocenters. The average Bonchev–Trinajstić information content (AvgIpc) is 3.01. The van der Waals surface area contributed by atoms with Gasteiger partial charge in [0.05, 0.1) is 17.3 Å². The third-order valence-corrected chi connectivity index (χ3v) is 4.55. The molecule has 2 amide bonds. The van der Waals surface area contributed by atoms with Gasteiger partial charge in [-0.1, -0.05) is 30.3 Å². The van der Waals surface area contributed by atoms with E-state index in [2.05, 4.69) is 25.3 Å². The van der Waals surface area contributed by atoms with Crippen LogP contribution in [-0.2, 0) is 16.6 Å². The normalized spacial score (nSPS) is 11.5. The topological polar surface area (TPSA) is 116 Å². The number of sulfonamides is 1. The number of rotatable bonds is 6. The molecule has 8 nitrogen and oxygen atoms in total. The highest BCUT2D eigenvalue weighted by Gasteiger charge is 2.08. The van der Waals surface area contributed by atoms with Gasteiger partial charge in [0.25, 0.3) is 0 Å². The molecule has 3 aromatic rings. The number of hydrogen-bond acceptors (Lipinski definition) is 4. The predicted molar refractivity (Wildman–Crippen MR) is 106 cm³/mol. The molecule has 0 radical (unpaired) electrons. The van der Waals surface area contributed by atoms with Gasteiger partial charge >= 0.3 is 6.03 Å². The van der Waals surface area contributed by atoms with E-state index in [0.29, 0.717) is 12.5 Å². The van der Waals surface area contributed by atoms with Gasteiger partial charge in [-0.05, 0) is 35.7 Å². The molecule has 0 fully saturated rings. The summed E-state index contributed by atoms with van der Waals surface area (Å²) in [6, 6.07) is 13.1. The molecular weight excluding hydrogens is 366 g/mol. The fourth-order valence-corrected chi connectivity index (χ4v) is 3.02. The smallest absolute Gasteiger partial charge is 0.321 e. The van der Waals surface area contributed by atoms with Crippen LogP contribution in [0.15, 0.2) is 42.5 Å². The fraction of sp³-hybridized carbons (Fsp3) is 0.222. The second-order valence-corrected chi connectivity index (χ2v) is 7.93. The molecule has 0 bridgehead atoms. The summed E-state index contributed by atoms with van der Waals surface area (Å²) in [5, 5.41) is 5.30. The fourth-order valence-electron chi connectivity index (χ4n) is 2.59. The van der Waals surface area contributed by atoms with Gasteiger partial charge in [-0.3, -0.25) is 5.32 Å². The number of hydrogen-bond donors (Lipinski definition) is 4.